The third-order valence-corrected chi connectivity index (χ3v) is 4.03. The Kier molecular flexibility index (Phi) is 3.83. The predicted octanol–water partition coefficient (Wildman–Crippen LogP) is 4.14. The van der Waals surface area contributed by atoms with Crippen LogP contribution >= 0.6 is 11.3 Å². The molecule has 0 fully saturated rings. The van der Waals surface area contributed by atoms with Gasteiger partial charge in [-0.15, -0.1) is 0 Å². The predicted molar refractivity (Wildman–Crippen MR) is 85.7 cm³/mol. The molecule has 106 valence electrons. The van der Waals surface area contributed by atoms with Crippen LogP contribution in [0.4, 0.5) is 5.82 Å². The Balaban J connectivity index is 2.00. The molecule has 0 aliphatic heterocycles. The SMILES string of the molecule is CCc1nc(-c2ccccc2)c(Oc2ccnc(N)c2)s1. The van der Waals surface area contributed by atoms with Crippen LogP contribution in [-0.2, 0) is 6.42 Å². The molecule has 21 heavy (non-hydrogen) atoms. The van der Waals surface area contributed by atoms with Gasteiger partial charge in [-0.2, -0.15) is 0 Å². The van der Waals surface area contributed by atoms with E-state index in [4.69, 9.17) is 10.5 Å². The Bertz CT molecular complexity index is 740. The first kappa shape index (κ1) is 13.6. The number of thiazole rings is 1. The Hall–Kier alpha value is -2.40. The number of nitrogen functional groups attached to an aromatic ring is 1. The highest BCUT2D eigenvalue weighted by atomic mass is 32.1. The van der Waals surface area contributed by atoms with Crippen LogP contribution in [0.25, 0.3) is 11.3 Å². The Morgan fingerprint density at radius 1 is 1.19 bits per heavy atom. The van der Waals surface area contributed by atoms with E-state index in [9.17, 15) is 0 Å². The van der Waals surface area contributed by atoms with Gasteiger partial charge in [-0.05, 0) is 12.5 Å². The number of nitrogens with two attached hydrogens (primary N) is 1. The number of hydrogen-bond acceptors (Lipinski definition) is 5. The second-order valence-corrected chi connectivity index (χ2v) is 5.53. The second-order valence-electron chi connectivity index (χ2n) is 4.48. The minimum atomic E-state index is 0.439. The van der Waals surface area contributed by atoms with E-state index in [0.29, 0.717) is 11.6 Å². The lowest BCUT2D eigenvalue weighted by Crippen LogP contribution is -1.90. The van der Waals surface area contributed by atoms with E-state index >= 15 is 0 Å². The lowest BCUT2D eigenvalue weighted by molar-refractivity contribution is 0.496. The van der Waals surface area contributed by atoms with Crippen molar-refractivity contribution in [3.05, 3.63) is 53.7 Å². The van der Waals surface area contributed by atoms with Crippen LogP contribution in [-0.4, -0.2) is 9.97 Å². The van der Waals surface area contributed by atoms with Crippen LogP contribution < -0.4 is 10.5 Å². The number of aromatic nitrogens is 2. The molecule has 0 amide bonds. The molecule has 3 aromatic rings. The monoisotopic (exact) mass is 297 g/mol. The summed E-state index contributed by atoms with van der Waals surface area (Å²) in [5.74, 6) is 1.11. The zero-order valence-corrected chi connectivity index (χ0v) is 12.4. The van der Waals surface area contributed by atoms with E-state index < -0.39 is 0 Å². The van der Waals surface area contributed by atoms with Crippen LogP contribution in [0, 0.1) is 0 Å². The molecular weight excluding hydrogens is 282 g/mol. The highest BCUT2D eigenvalue weighted by Crippen LogP contribution is 2.38. The molecule has 0 radical (unpaired) electrons. The summed E-state index contributed by atoms with van der Waals surface area (Å²) in [7, 11) is 0. The van der Waals surface area contributed by atoms with Gasteiger partial charge in [0.15, 0.2) is 0 Å². The summed E-state index contributed by atoms with van der Waals surface area (Å²) in [6, 6.07) is 13.5. The van der Waals surface area contributed by atoms with Crippen molar-refractivity contribution in [1.29, 1.82) is 0 Å². The fourth-order valence-corrected chi connectivity index (χ4v) is 2.84. The van der Waals surface area contributed by atoms with Crippen LogP contribution in [0.15, 0.2) is 48.7 Å². The molecule has 0 atom stereocenters. The van der Waals surface area contributed by atoms with Crippen LogP contribution in [0.2, 0.25) is 0 Å². The van der Waals surface area contributed by atoms with Crippen molar-refractivity contribution >= 4 is 17.2 Å². The highest BCUT2D eigenvalue weighted by molar-refractivity contribution is 7.14. The normalized spacial score (nSPS) is 10.5. The van der Waals surface area contributed by atoms with Crippen molar-refractivity contribution in [1.82, 2.24) is 9.97 Å². The number of anilines is 1. The maximum absolute atomic E-state index is 5.96. The molecule has 0 spiro atoms. The molecule has 2 N–H and O–H groups in total. The van der Waals surface area contributed by atoms with Gasteiger partial charge in [0.2, 0.25) is 5.06 Å². The standard InChI is InChI=1S/C16H15N3OS/c1-2-14-19-15(11-6-4-3-5-7-11)16(21-14)20-12-8-9-18-13(17)10-12/h3-10H,2H2,1H3,(H2,17,18). The van der Waals surface area contributed by atoms with Crippen molar-refractivity contribution in [2.45, 2.75) is 13.3 Å². The van der Waals surface area contributed by atoms with Crippen molar-refractivity contribution in [2.75, 3.05) is 5.73 Å². The molecule has 0 bridgehead atoms. The summed E-state index contributed by atoms with van der Waals surface area (Å²) in [6.07, 6.45) is 2.51. The lowest BCUT2D eigenvalue weighted by Gasteiger charge is -2.05. The summed E-state index contributed by atoms with van der Waals surface area (Å²) < 4.78 is 5.96. The van der Waals surface area contributed by atoms with Gasteiger partial charge in [0.25, 0.3) is 0 Å². The first-order chi connectivity index (χ1) is 10.3. The number of ether oxygens (including phenoxy) is 1. The number of aryl methyl sites for hydroxylation is 1. The Morgan fingerprint density at radius 2 is 2.00 bits per heavy atom. The fourth-order valence-electron chi connectivity index (χ4n) is 1.95. The third-order valence-electron chi connectivity index (χ3n) is 2.95. The van der Waals surface area contributed by atoms with Gasteiger partial charge >= 0.3 is 0 Å². The van der Waals surface area contributed by atoms with E-state index in [-0.39, 0.29) is 0 Å². The van der Waals surface area contributed by atoms with Crippen molar-refractivity contribution in [2.24, 2.45) is 0 Å². The van der Waals surface area contributed by atoms with E-state index in [1.54, 1.807) is 29.7 Å². The summed E-state index contributed by atoms with van der Waals surface area (Å²) >= 11 is 1.56. The van der Waals surface area contributed by atoms with Gasteiger partial charge < -0.3 is 10.5 Å². The number of nitrogens with zero attached hydrogens (tertiary/aromatic N) is 2. The highest BCUT2D eigenvalue weighted by Gasteiger charge is 2.14. The molecule has 0 aliphatic rings. The smallest absolute Gasteiger partial charge is 0.208 e. The van der Waals surface area contributed by atoms with Crippen molar-refractivity contribution in [3.8, 4) is 22.1 Å². The van der Waals surface area contributed by atoms with Crippen molar-refractivity contribution in [3.63, 3.8) is 0 Å². The molecule has 0 saturated heterocycles. The molecule has 5 heteroatoms. The van der Waals surface area contributed by atoms with E-state index in [0.717, 1.165) is 27.7 Å². The van der Waals surface area contributed by atoms with Gasteiger partial charge in [0, 0.05) is 17.8 Å². The van der Waals surface area contributed by atoms with Crippen LogP contribution in [0.1, 0.15) is 11.9 Å². The zero-order chi connectivity index (χ0) is 14.7. The molecule has 4 nitrogen and oxygen atoms in total. The maximum atomic E-state index is 5.96. The molecule has 0 saturated carbocycles. The zero-order valence-electron chi connectivity index (χ0n) is 11.6. The van der Waals surface area contributed by atoms with Crippen LogP contribution in [0.5, 0.6) is 10.8 Å². The van der Waals surface area contributed by atoms with Gasteiger partial charge in [0.05, 0.1) is 5.01 Å². The number of rotatable bonds is 4. The Morgan fingerprint density at radius 3 is 2.71 bits per heavy atom. The summed E-state index contributed by atoms with van der Waals surface area (Å²) in [5.41, 5.74) is 7.60. The fraction of sp³-hybridized carbons (Fsp3) is 0.125. The first-order valence-electron chi connectivity index (χ1n) is 6.70. The second kappa shape index (κ2) is 5.93. The molecule has 0 aliphatic carbocycles. The average Bonchev–Trinajstić information content (AvgIpc) is 2.91. The van der Waals surface area contributed by atoms with Gasteiger partial charge in [-0.1, -0.05) is 48.6 Å². The largest absolute Gasteiger partial charge is 0.444 e. The number of hydrogen-bond donors (Lipinski definition) is 1. The Labute approximate surface area is 127 Å². The summed E-state index contributed by atoms with van der Waals surface area (Å²) in [5, 5.41) is 1.83. The van der Waals surface area contributed by atoms with E-state index in [2.05, 4.69) is 16.9 Å². The molecule has 0 unspecified atom stereocenters. The minimum Gasteiger partial charge on any atom is -0.444 e. The first-order valence-corrected chi connectivity index (χ1v) is 7.52. The quantitative estimate of drug-likeness (QED) is 0.786. The summed E-state index contributed by atoms with van der Waals surface area (Å²) in [4.78, 5) is 8.63. The average molecular weight is 297 g/mol. The van der Waals surface area contributed by atoms with Gasteiger partial charge in [-0.25, -0.2) is 9.97 Å². The topological polar surface area (TPSA) is 61.0 Å². The van der Waals surface area contributed by atoms with Crippen LogP contribution in [0.3, 0.4) is 0 Å². The molecule has 3 rings (SSSR count). The van der Waals surface area contributed by atoms with Gasteiger partial charge in [-0.3, -0.25) is 0 Å². The minimum absolute atomic E-state index is 0.439. The number of pyridine rings is 1. The van der Waals surface area contributed by atoms with Crippen molar-refractivity contribution < 1.29 is 4.74 Å². The number of benzene rings is 1. The van der Waals surface area contributed by atoms with E-state index in [1.165, 1.54) is 0 Å². The van der Waals surface area contributed by atoms with Gasteiger partial charge in [0.1, 0.15) is 17.3 Å². The molecule has 2 heterocycles. The molecule has 1 aromatic carbocycles. The van der Waals surface area contributed by atoms with E-state index in [1.807, 2.05) is 30.3 Å². The lowest BCUT2D eigenvalue weighted by atomic mass is 10.2. The molecule has 2 aromatic heterocycles. The maximum Gasteiger partial charge on any atom is 0.208 e. The molecular formula is C16H15N3OS. The summed E-state index contributed by atoms with van der Waals surface area (Å²) in [6.45, 7) is 2.09. The third kappa shape index (κ3) is 3.03.